The molecule has 0 bridgehead atoms. The average molecular weight is 173 g/mol. The largest absolute Gasteiger partial charge is 0.315 e. The quantitative estimate of drug-likeness (QED) is 0.686. The first-order chi connectivity index (χ1) is 6.42. The number of aromatic nitrogens is 1. The molecule has 66 valence electrons. The molecule has 0 amide bonds. The van der Waals surface area contributed by atoms with Gasteiger partial charge in [-0.05, 0) is 17.7 Å². The van der Waals surface area contributed by atoms with E-state index in [1.165, 1.54) is 5.56 Å². The van der Waals surface area contributed by atoms with Crippen LogP contribution < -0.4 is 5.32 Å². The van der Waals surface area contributed by atoms with E-state index >= 15 is 0 Å². The molecule has 0 unspecified atom stereocenters. The Hall–Kier alpha value is -1.40. The molecular formula is C10H11N3. The molecule has 2 heterocycles. The van der Waals surface area contributed by atoms with Crippen molar-refractivity contribution >= 4 is 0 Å². The highest BCUT2D eigenvalue weighted by molar-refractivity contribution is 5.21. The molecule has 0 spiro atoms. The molecule has 0 aromatic carbocycles. The summed E-state index contributed by atoms with van der Waals surface area (Å²) in [4.78, 5) is 3.96. The zero-order valence-electron chi connectivity index (χ0n) is 7.27. The van der Waals surface area contributed by atoms with Crippen LogP contribution in [0.1, 0.15) is 11.5 Å². The van der Waals surface area contributed by atoms with Crippen molar-refractivity contribution in [1.29, 1.82) is 5.26 Å². The highest BCUT2D eigenvalue weighted by Crippen LogP contribution is 2.26. The molecule has 0 radical (unpaired) electrons. The summed E-state index contributed by atoms with van der Waals surface area (Å²) < 4.78 is 0. The summed E-state index contributed by atoms with van der Waals surface area (Å²) in [5.41, 5.74) is 1.21. The Morgan fingerprint density at radius 3 is 2.85 bits per heavy atom. The van der Waals surface area contributed by atoms with E-state index in [2.05, 4.69) is 16.4 Å². The van der Waals surface area contributed by atoms with Crippen molar-refractivity contribution in [2.75, 3.05) is 13.1 Å². The molecule has 1 aliphatic heterocycles. The van der Waals surface area contributed by atoms with Gasteiger partial charge in [-0.2, -0.15) is 5.26 Å². The minimum Gasteiger partial charge on any atom is -0.315 e. The van der Waals surface area contributed by atoms with E-state index in [1.807, 2.05) is 12.1 Å². The Balaban J connectivity index is 2.22. The van der Waals surface area contributed by atoms with Gasteiger partial charge in [0.1, 0.15) is 0 Å². The number of pyridine rings is 1. The predicted octanol–water partition coefficient (Wildman–Crippen LogP) is 0.908. The third kappa shape index (κ3) is 1.53. The van der Waals surface area contributed by atoms with Gasteiger partial charge in [-0.3, -0.25) is 4.98 Å². The van der Waals surface area contributed by atoms with Crippen LogP contribution in [0.15, 0.2) is 24.5 Å². The molecule has 1 aliphatic rings. The second kappa shape index (κ2) is 3.55. The molecule has 0 aliphatic carbocycles. The molecule has 1 aromatic rings. The van der Waals surface area contributed by atoms with Crippen LogP contribution >= 0.6 is 0 Å². The third-order valence-corrected chi connectivity index (χ3v) is 2.51. The van der Waals surface area contributed by atoms with E-state index in [4.69, 9.17) is 5.26 Å². The summed E-state index contributed by atoms with van der Waals surface area (Å²) in [6.07, 6.45) is 3.56. The maximum Gasteiger partial charge on any atom is 0.0676 e. The molecule has 1 N–H and O–H groups in total. The first-order valence-corrected chi connectivity index (χ1v) is 4.42. The van der Waals surface area contributed by atoms with Gasteiger partial charge in [0.2, 0.25) is 0 Å². The van der Waals surface area contributed by atoms with Gasteiger partial charge in [0.05, 0.1) is 12.0 Å². The smallest absolute Gasteiger partial charge is 0.0676 e. The lowest BCUT2D eigenvalue weighted by molar-refractivity contribution is 0.646. The number of hydrogen-bond donors (Lipinski definition) is 1. The van der Waals surface area contributed by atoms with Crippen molar-refractivity contribution < 1.29 is 0 Å². The Morgan fingerprint density at radius 1 is 1.38 bits per heavy atom. The minimum absolute atomic E-state index is 0.113. The van der Waals surface area contributed by atoms with Crippen molar-refractivity contribution in [3.63, 3.8) is 0 Å². The fourth-order valence-corrected chi connectivity index (χ4v) is 1.78. The van der Waals surface area contributed by atoms with Crippen LogP contribution in [0.3, 0.4) is 0 Å². The van der Waals surface area contributed by atoms with Crippen LogP contribution in [0, 0.1) is 17.2 Å². The van der Waals surface area contributed by atoms with E-state index in [1.54, 1.807) is 12.4 Å². The summed E-state index contributed by atoms with van der Waals surface area (Å²) >= 11 is 0. The maximum atomic E-state index is 8.89. The van der Waals surface area contributed by atoms with Crippen LogP contribution in [0.4, 0.5) is 0 Å². The summed E-state index contributed by atoms with van der Waals surface area (Å²) in [5.74, 6) is 0.454. The standard InChI is InChI=1S/C10H11N3/c11-5-9-6-13-7-10(9)8-1-3-12-4-2-8/h1-4,9-10,13H,6-7H2/t9-,10+/m0/s1. The SMILES string of the molecule is N#C[C@H]1CNC[C@@H]1c1ccncc1. The molecule has 0 saturated carbocycles. The summed E-state index contributed by atoms with van der Waals surface area (Å²) in [7, 11) is 0. The van der Waals surface area contributed by atoms with Crippen molar-refractivity contribution in [3.05, 3.63) is 30.1 Å². The van der Waals surface area contributed by atoms with Gasteiger partial charge >= 0.3 is 0 Å². The molecule has 1 aromatic heterocycles. The number of nitrogens with zero attached hydrogens (tertiary/aromatic N) is 2. The Bertz CT molecular complexity index is 315. The van der Waals surface area contributed by atoms with E-state index in [-0.39, 0.29) is 5.92 Å². The van der Waals surface area contributed by atoms with Crippen LogP contribution in [0.2, 0.25) is 0 Å². The van der Waals surface area contributed by atoms with Gasteiger partial charge < -0.3 is 5.32 Å². The van der Waals surface area contributed by atoms with Crippen molar-refractivity contribution in [2.24, 2.45) is 5.92 Å². The normalized spacial score (nSPS) is 27.0. The second-order valence-electron chi connectivity index (χ2n) is 3.28. The van der Waals surface area contributed by atoms with E-state index in [0.29, 0.717) is 5.92 Å². The molecule has 13 heavy (non-hydrogen) atoms. The molecule has 1 fully saturated rings. The van der Waals surface area contributed by atoms with Crippen molar-refractivity contribution in [2.45, 2.75) is 5.92 Å². The van der Waals surface area contributed by atoms with E-state index in [0.717, 1.165) is 13.1 Å². The topological polar surface area (TPSA) is 48.7 Å². The van der Waals surface area contributed by atoms with Gasteiger partial charge in [-0.1, -0.05) is 0 Å². The summed E-state index contributed by atoms with van der Waals surface area (Å²) in [6, 6.07) is 6.31. The van der Waals surface area contributed by atoms with Gasteiger partial charge in [0, 0.05) is 31.4 Å². The lowest BCUT2D eigenvalue weighted by Crippen LogP contribution is -2.08. The van der Waals surface area contributed by atoms with Crippen LogP contribution in [0.25, 0.3) is 0 Å². The average Bonchev–Trinajstić information content (AvgIpc) is 2.67. The van der Waals surface area contributed by atoms with Crippen LogP contribution in [-0.2, 0) is 0 Å². The summed E-state index contributed by atoms with van der Waals surface area (Å²) in [6.45, 7) is 1.71. The molecule has 2 rings (SSSR count). The number of nitrogens with one attached hydrogen (secondary N) is 1. The zero-order valence-corrected chi connectivity index (χ0v) is 7.27. The zero-order chi connectivity index (χ0) is 9.10. The van der Waals surface area contributed by atoms with E-state index < -0.39 is 0 Å². The van der Waals surface area contributed by atoms with Gasteiger partial charge in [0.25, 0.3) is 0 Å². The van der Waals surface area contributed by atoms with Gasteiger partial charge in [-0.25, -0.2) is 0 Å². The molecule has 3 heteroatoms. The van der Waals surface area contributed by atoms with Gasteiger partial charge in [0.15, 0.2) is 0 Å². The van der Waals surface area contributed by atoms with E-state index in [9.17, 15) is 0 Å². The first-order valence-electron chi connectivity index (χ1n) is 4.42. The number of nitriles is 1. The van der Waals surface area contributed by atoms with Crippen molar-refractivity contribution in [1.82, 2.24) is 10.3 Å². The highest BCUT2D eigenvalue weighted by atomic mass is 14.9. The monoisotopic (exact) mass is 173 g/mol. The summed E-state index contributed by atoms with van der Waals surface area (Å²) in [5, 5.41) is 12.1. The van der Waals surface area contributed by atoms with Crippen molar-refractivity contribution in [3.8, 4) is 6.07 Å². The third-order valence-electron chi connectivity index (χ3n) is 2.51. The molecule has 1 saturated heterocycles. The predicted molar refractivity (Wildman–Crippen MR) is 49.0 cm³/mol. The Labute approximate surface area is 77.4 Å². The number of hydrogen-bond acceptors (Lipinski definition) is 3. The molecular weight excluding hydrogens is 162 g/mol. The van der Waals surface area contributed by atoms with Gasteiger partial charge in [-0.15, -0.1) is 0 Å². The fraction of sp³-hybridized carbons (Fsp3) is 0.400. The lowest BCUT2D eigenvalue weighted by Gasteiger charge is -2.11. The minimum atomic E-state index is 0.113. The second-order valence-corrected chi connectivity index (χ2v) is 3.28. The fourth-order valence-electron chi connectivity index (χ4n) is 1.78. The van der Waals surface area contributed by atoms with Crippen LogP contribution in [-0.4, -0.2) is 18.1 Å². The first kappa shape index (κ1) is 8.21. The number of rotatable bonds is 1. The Kier molecular flexibility index (Phi) is 2.24. The molecule has 3 nitrogen and oxygen atoms in total. The molecule has 2 atom stereocenters. The Morgan fingerprint density at radius 2 is 2.15 bits per heavy atom. The lowest BCUT2D eigenvalue weighted by atomic mass is 9.91. The van der Waals surface area contributed by atoms with Crippen LogP contribution in [0.5, 0.6) is 0 Å². The highest BCUT2D eigenvalue weighted by Gasteiger charge is 2.27. The maximum absolute atomic E-state index is 8.89.